The van der Waals surface area contributed by atoms with E-state index in [9.17, 15) is 4.79 Å². The zero-order chi connectivity index (χ0) is 22.3. The van der Waals surface area contributed by atoms with Gasteiger partial charge in [0.15, 0.2) is 5.96 Å². The summed E-state index contributed by atoms with van der Waals surface area (Å²) >= 11 is 0. The molecule has 3 rings (SSSR count). The summed E-state index contributed by atoms with van der Waals surface area (Å²) in [4.78, 5) is 20.8. The summed E-state index contributed by atoms with van der Waals surface area (Å²) in [6, 6.07) is 10.3. The zero-order valence-corrected chi connectivity index (χ0v) is 21.5. The molecule has 1 aromatic carbocycles. The Balaban J connectivity index is 0.00000363. The lowest BCUT2D eigenvalue weighted by molar-refractivity contribution is 0.0490. The number of nitrogens with zero attached hydrogens (tertiary/aromatic N) is 2. The maximum absolute atomic E-state index is 12.0. The van der Waals surface area contributed by atoms with Gasteiger partial charge in [0.25, 0.3) is 0 Å². The lowest BCUT2D eigenvalue weighted by atomic mass is 9.91. The number of carbonyl (C=O) groups excluding carboxylic acids is 1. The van der Waals surface area contributed by atoms with E-state index < -0.39 is 5.60 Å². The molecule has 3 N–H and O–H groups in total. The van der Waals surface area contributed by atoms with Crippen LogP contribution in [0, 0.1) is 0 Å². The first-order valence-corrected chi connectivity index (χ1v) is 10.8. The van der Waals surface area contributed by atoms with Crippen molar-refractivity contribution in [2.24, 2.45) is 4.99 Å². The van der Waals surface area contributed by atoms with Crippen LogP contribution in [0.4, 0.5) is 4.79 Å². The molecule has 1 heterocycles. The van der Waals surface area contributed by atoms with Gasteiger partial charge in [-0.25, -0.2) is 9.78 Å². The van der Waals surface area contributed by atoms with Gasteiger partial charge >= 0.3 is 6.09 Å². The maximum atomic E-state index is 12.0. The second-order valence-corrected chi connectivity index (χ2v) is 8.77. The van der Waals surface area contributed by atoms with Gasteiger partial charge in [-0.15, -0.1) is 24.0 Å². The van der Waals surface area contributed by atoms with E-state index in [0.29, 0.717) is 18.5 Å². The van der Waals surface area contributed by atoms with Crippen LogP contribution in [-0.4, -0.2) is 41.8 Å². The molecule has 1 aliphatic carbocycles. The number of hydrogen-bond acceptors (Lipinski definition) is 5. The van der Waals surface area contributed by atoms with Gasteiger partial charge in [0.2, 0.25) is 5.89 Å². The highest BCUT2D eigenvalue weighted by molar-refractivity contribution is 14.0. The highest BCUT2D eigenvalue weighted by Crippen LogP contribution is 2.20. The number of alkyl carbamates (subject to hydrolysis) is 1. The van der Waals surface area contributed by atoms with Crippen LogP contribution in [0.3, 0.4) is 0 Å². The molecule has 0 aliphatic heterocycles. The monoisotopic (exact) mass is 555 g/mol. The topological polar surface area (TPSA) is 101 Å². The first-order valence-electron chi connectivity index (χ1n) is 10.8. The predicted molar refractivity (Wildman–Crippen MR) is 136 cm³/mol. The molecule has 0 bridgehead atoms. The van der Waals surface area contributed by atoms with Crippen molar-refractivity contribution in [3.8, 4) is 11.5 Å². The van der Waals surface area contributed by atoms with Gasteiger partial charge < -0.3 is 25.1 Å². The average Bonchev–Trinajstić information content (AvgIpc) is 3.21. The van der Waals surface area contributed by atoms with Gasteiger partial charge in [-0.1, -0.05) is 18.2 Å². The van der Waals surface area contributed by atoms with Crippen molar-refractivity contribution in [2.45, 2.75) is 70.7 Å². The number of aromatic nitrogens is 1. The van der Waals surface area contributed by atoms with Gasteiger partial charge in [0, 0.05) is 24.7 Å². The van der Waals surface area contributed by atoms with Crippen LogP contribution >= 0.6 is 24.0 Å². The quantitative estimate of drug-likeness (QED) is 0.286. The molecule has 9 heteroatoms. The number of halogens is 1. The molecule has 8 nitrogen and oxygen atoms in total. The molecule has 1 saturated carbocycles. The Labute approximate surface area is 207 Å². The Morgan fingerprint density at radius 2 is 1.75 bits per heavy atom. The third-order valence-corrected chi connectivity index (χ3v) is 5.02. The highest BCUT2D eigenvalue weighted by Gasteiger charge is 2.25. The number of oxazole rings is 1. The minimum atomic E-state index is -0.479. The van der Waals surface area contributed by atoms with Crippen LogP contribution in [-0.2, 0) is 11.3 Å². The van der Waals surface area contributed by atoms with E-state index in [0.717, 1.165) is 42.9 Å². The van der Waals surface area contributed by atoms with Crippen molar-refractivity contribution in [3.63, 3.8) is 0 Å². The van der Waals surface area contributed by atoms with E-state index in [-0.39, 0.29) is 36.1 Å². The fourth-order valence-electron chi connectivity index (χ4n) is 3.52. The van der Waals surface area contributed by atoms with Crippen LogP contribution in [0.25, 0.3) is 11.5 Å². The van der Waals surface area contributed by atoms with Crippen molar-refractivity contribution >= 4 is 36.0 Å². The summed E-state index contributed by atoms with van der Waals surface area (Å²) < 4.78 is 10.9. The molecule has 0 saturated heterocycles. The number of aliphatic imine (C=N–C) groups is 1. The van der Waals surface area contributed by atoms with E-state index in [1.807, 2.05) is 51.1 Å². The number of guanidine groups is 1. The number of benzene rings is 1. The van der Waals surface area contributed by atoms with Crippen LogP contribution < -0.4 is 16.0 Å². The minimum Gasteiger partial charge on any atom is -0.444 e. The predicted octanol–water partition coefficient (Wildman–Crippen LogP) is 4.46. The fraction of sp³-hybridized carbons (Fsp3) is 0.522. The summed E-state index contributed by atoms with van der Waals surface area (Å²) in [6.07, 6.45) is 5.02. The highest BCUT2D eigenvalue weighted by atomic mass is 127. The number of nitrogens with one attached hydrogen (secondary N) is 3. The largest absolute Gasteiger partial charge is 0.444 e. The van der Waals surface area contributed by atoms with Gasteiger partial charge in [-0.2, -0.15) is 0 Å². The lowest BCUT2D eigenvalue weighted by Crippen LogP contribution is -2.47. The lowest BCUT2D eigenvalue weighted by Gasteiger charge is -2.31. The molecule has 32 heavy (non-hydrogen) atoms. The number of carbonyl (C=O) groups is 1. The molecule has 0 radical (unpaired) electrons. The van der Waals surface area contributed by atoms with Crippen LogP contribution in [0.1, 0.15) is 52.1 Å². The average molecular weight is 555 g/mol. The van der Waals surface area contributed by atoms with E-state index >= 15 is 0 Å². The standard InChI is InChI=1S/C23H33N5O3.HI/c1-23(2,3)31-22(29)28-18-12-10-17(11-13-18)27-21(24-4)25-14-19-15-30-20(26-19)16-8-6-5-7-9-16;/h5-9,15,17-18H,10-14H2,1-4H3,(H,28,29)(H2,24,25,27);1H. The zero-order valence-electron chi connectivity index (χ0n) is 19.2. The molecule has 1 aliphatic rings. The van der Waals surface area contributed by atoms with Crippen molar-refractivity contribution in [3.05, 3.63) is 42.3 Å². The van der Waals surface area contributed by atoms with E-state index in [2.05, 4.69) is 25.9 Å². The smallest absolute Gasteiger partial charge is 0.407 e. The number of hydrogen-bond donors (Lipinski definition) is 3. The van der Waals surface area contributed by atoms with Gasteiger partial charge in [-0.3, -0.25) is 4.99 Å². The molecular formula is C23H34IN5O3. The van der Waals surface area contributed by atoms with E-state index in [4.69, 9.17) is 9.15 Å². The fourth-order valence-corrected chi connectivity index (χ4v) is 3.52. The van der Waals surface area contributed by atoms with Crippen molar-refractivity contribution in [1.29, 1.82) is 0 Å². The number of rotatable bonds is 5. The Morgan fingerprint density at radius 3 is 2.34 bits per heavy atom. The summed E-state index contributed by atoms with van der Waals surface area (Å²) in [5.41, 5.74) is 1.28. The molecule has 176 valence electrons. The van der Waals surface area contributed by atoms with Gasteiger partial charge in [-0.05, 0) is 58.6 Å². The maximum Gasteiger partial charge on any atom is 0.407 e. The van der Waals surface area contributed by atoms with Gasteiger partial charge in [0.05, 0.1) is 12.2 Å². The molecular weight excluding hydrogens is 521 g/mol. The molecule has 0 atom stereocenters. The summed E-state index contributed by atoms with van der Waals surface area (Å²) in [7, 11) is 1.75. The Bertz CT molecular complexity index is 871. The third-order valence-electron chi connectivity index (χ3n) is 5.02. The molecule has 1 fully saturated rings. The molecule has 0 unspecified atom stereocenters. The Morgan fingerprint density at radius 1 is 1.12 bits per heavy atom. The number of ether oxygens (including phenoxy) is 1. The Hall–Kier alpha value is -2.30. The molecule has 1 amide bonds. The minimum absolute atomic E-state index is 0. The summed E-state index contributed by atoms with van der Waals surface area (Å²) in [5, 5.41) is 9.73. The van der Waals surface area contributed by atoms with Crippen molar-refractivity contribution < 1.29 is 13.9 Å². The SMILES string of the molecule is CN=C(NCc1coc(-c2ccccc2)n1)NC1CCC(NC(=O)OC(C)(C)C)CC1.I. The first kappa shape index (κ1) is 26.0. The third kappa shape index (κ3) is 8.33. The van der Waals surface area contributed by atoms with E-state index in [1.54, 1.807) is 13.3 Å². The number of amides is 1. The van der Waals surface area contributed by atoms with Crippen molar-refractivity contribution in [1.82, 2.24) is 20.9 Å². The normalized spacial score (nSPS) is 18.9. The van der Waals surface area contributed by atoms with E-state index in [1.165, 1.54) is 0 Å². The molecule has 1 aromatic heterocycles. The first-order chi connectivity index (χ1) is 14.8. The summed E-state index contributed by atoms with van der Waals surface area (Å²) in [5.74, 6) is 1.34. The van der Waals surface area contributed by atoms with Crippen molar-refractivity contribution in [2.75, 3.05) is 7.05 Å². The van der Waals surface area contributed by atoms with Crippen LogP contribution in [0.15, 0.2) is 46.0 Å². The molecule has 0 spiro atoms. The van der Waals surface area contributed by atoms with Crippen LogP contribution in [0.2, 0.25) is 0 Å². The second kappa shape index (κ2) is 12.1. The Kier molecular flexibility index (Phi) is 9.80. The summed E-state index contributed by atoms with van der Waals surface area (Å²) in [6.45, 7) is 6.13. The molecule has 2 aromatic rings. The second-order valence-electron chi connectivity index (χ2n) is 8.77. The van der Waals surface area contributed by atoms with Gasteiger partial charge in [0.1, 0.15) is 11.9 Å². The van der Waals surface area contributed by atoms with Crippen LogP contribution in [0.5, 0.6) is 0 Å².